The van der Waals surface area contributed by atoms with E-state index in [1.807, 2.05) is 61.5 Å². The van der Waals surface area contributed by atoms with Crippen molar-refractivity contribution in [3.05, 3.63) is 89.5 Å². The minimum absolute atomic E-state index is 0.00829. The van der Waals surface area contributed by atoms with Gasteiger partial charge in [0, 0.05) is 38.3 Å². The molecule has 0 aliphatic carbocycles. The molecule has 160 valence electrons. The van der Waals surface area contributed by atoms with E-state index < -0.39 is 5.97 Å². The molecule has 0 saturated heterocycles. The van der Waals surface area contributed by atoms with Gasteiger partial charge in [-0.2, -0.15) is 0 Å². The lowest BCUT2D eigenvalue weighted by Crippen LogP contribution is -2.29. The number of hydrogen-bond donors (Lipinski definition) is 0. The first kappa shape index (κ1) is 22.0. The van der Waals surface area contributed by atoms with Crippen LogP contribution in [0.4, 0.5) is 0 Å². The molecule has 0 N–H and O–H groups in total. The van der Waals surface area contributed by atoms with Gasteiger partial charge in [0.05, 0.1) is 5.25 Å². The molecule has 1 aliphatic heterocycles. The summed E-state index contributed by atoms with van der Waals surface area (Å²) in [6, 6.07) is 22.3. The predicted molar refractivity (Wildman–Crippen MR) is 126 cm³/mol. The fourth-order valence-electron chi connectivity index (χ4n) is 3.22. The van der Waals surface area contributed by atoms with Gasteiger partial charge in [-0.1, -0.05) is 47.2 Å². The smallest absolute Gasteiger partial charge is 0.318 e. The normalized spacial score (nSPS) is 16.5. The molecule has 32 heavy (non-hydrogen) atoms. The van der Waals surface area contributed by atoms with Crippen molar-refractivity contribution in [2.75, 3.05) is 0 Å². The van der Waals surface area contributed by atoms with Crippen LogP contribution in [0.15, 0.2) is 92.6 Å². The molecule has 0 aromatic heterocycles. The third-order valence-corrected chi connectivity index (χ3v) is 6.95. The van der Waals surface area contributed by atoms with Gasteiger partial charge in [-0.3, -0.25) is 9.59 Å². The van der Waals surface area contributed by atoms with E-state index >= 15 is 0 Å². The Labute approximate surface area is 194 Å². The van der Waals surface area contributed by atoms with Gasteiger partial charge in [-0.15, -0.1) is 11.8 Å². The van der Waals surface area contributed by atoms with Crippen LogP contribution < -0.4 is 0 Å². The molecule has 1 unspecified atom stereocenters. The topological polar surface area (TPSA) is 72.8 Å². The van der Waals surface area contributed by atoms with Gasteiger partial charge in [-0.05, 0) is 49.4 Å². The van der Waals surface area contributed by atoms with Crippen molar-refractivity contribution in [2.24, 2.45) is 5.16 Å². The molecular formula is C25H19NO4S2. The predicted octanol–water partition coefficient (Wildman–Crippen LogP) is 5.66. The third-order valence-electron chi connectivity index (χ3n) is 4.78. The zero-order chi connectivity index (χ0) is 22.7. The van der Waals surface area contributed by atoms with E-state index in [4.69, 9.17) is 0 Å². The second-order valence-electron chi connectivity index (χ2n) is 7.13. The van der Waals surface area contributed by atoms with Crippen LogP contribution in [0.5, 0.6) is 0 Å². The Morgan fingerprint density at radius 3 is 2.28 bits per heavy atom. The van der Waals surface area contributed by atoms with E-state index in [1.54, 1.807) is 30.0 Å². The fourth-order valence-corrected chi connectivity index (χ4v) is 5.27. The number of carbonyl (C=O) groups excluding carboxylic acids is 3. The van der Waals surface area contributed by atoms with E-state index in [2.05, 4.69) is 9.99 Å². The first-order valence-corrected chi connectivity index (χ1v) is 11.6. The van der Waals surface area contributed by atoms with Crippen LogP contribution in [0.25, 0.3) is 0 Å². The monoisotopic (exact) mass is 461 g/mol. The van der Waals surface area contributed by atoms with Crippen LogP contribution in [-0.4, -0.2) is 28.5 Å². The molecule has 3 aromatic rings. The average Bonchev–Trinajstić information content (AvgIpc) is 2.79. The summed E-state index contributed by atoms with van der Waals surface area (Å²) in [5.74, 6) is -0.796. The van der Waals surface area contributed by atoms with Gasteiger partial charge in [0.1, 0.15) is 5.71 Å². The zero-order valence-electron chi connectivity index (χ0n) is 17.4. The Kier molecular flexibility index (Phi) is 6.58. The molecule has 0 bridgehead atoms. The van der Waals surface area contributed by atoms with E-state index in [-0.39, 0.29) is 22.5 Å². The SMILES string of the molecule is CC(=O)O/N=C1\C(=O)c2ccc(Sc3ccc(C(=O)c4ccccc4)cc3)cc2SC1C. The summed E-state index contributed by atoms with van der Waals surface area (Å²) < 4.78 is 0. The molecule has 1 atom stereocenters. The van der Waals surface area contributed by atoms with Crippen LogP contribution in [0, 0.1) is 0 Å². The van der Waals surface area contributed by atoms with Gasteiger partial charge in [0.25, 0.3) is 0 Å². The Morgan fingerprint density at radius 2 is 1.59 bits per heavy atom. The Balaban J connectivity index is 1.50. The minimum atomic E-state index is -0.559. The molecule has 0 amide bonds. The molecule has 0 fully saturated rings. The van der Waals surface area contributed by atoms with Crippen molar-refractivity contribution in [3.63, 3.8) is 0 Å². The molecular weight excluding hydrogens is 442 g/mol. The number of carbonyl (C=O) groups is 3. The van der Waals surface area contributed by atoms with E-state index in [0.29, 0.717) is 16.7 Å². The Morgan fingerprint density at radius 1 is 0.938 bits per heavy atom. The molecule has 1 heterocycles. The number of nitrogens with zero attached hydrogens (tertiary/aromatic N) is 1. The minimum Gasteiger partial charge on any atom is -0.318 e. The van der Waals surface area contributed by atoms with Crippen LogP contribution in [0.2, 0.25) is 0 Å². The number of benzene rings is 3. The van der Waals surface area contributed by atoms with E-state index in [1.165, 1.54) is 18.7 Å². The summed E-state index contributed by atoms with van der Waals surface area (Å²) in [6.45, 7) is 3.10. The summed E-state index contributed by atoms with van der Waals surface area (Å²) >= 11 is 3.06. The number of oxime groups is 1. The number of ketones is 2. The molecule has 7 heteroatoms. The van der Waals surface area contributed by atoms with Gasteiger partial charge < -0.3 is 4.84 Å². The lowest BCUT2D eigenvalue weighted by molar-refractivity contribution is -0.140. The lowest BCUT2D eigenvalue weighted by atomic mass is 10.0. The van der Waals surface area contributed by atoms with Gasteiger partial charge in [0.15, 0.2) is 5.78 Å². The largest absolute Gasteiger partial charge is 0.331 e. The van der Waals surface area contributed by atoms with Crippen molar-refractivity contribution in [1.82, 2.24) is 0 Å². The summed E-state index contributed by atoms with van der Waals surface area (Å²) in [6.07, 6.45) is 0. The molecule has 0 radical (unpaired) electrons. The Bertz CT molecular complexity index is 1220. The van der Waals surface area contributed by atoms with E-state index in [0.717, 1.165) is 14.7 Å². The standard InChI is InChI=1S/C25H19NO4S2/c1-15-23(26-30-16(2)27)25(29)21-13-12-20(14-22(21)31-15)32-19-10-8-18(9-11-19)24(28)17-6-4-3-5-7-17/h3-15H,1-2H3/b26-23-. The number of Topliss-reactive ketones (excluding diaryl/α,β-unsaturated/α-hetero) is 1. The van der Waals surface area contributed by atoms with E-state index in [9.17, 15) is 14.4 Å². The van der Waals surface area contributed by atoms with Crippen molar-refractivity contribution in [1.29, 1.82) is 0 Å². The number of hydrogen-bond acceptors (Lipinski definition) is 7. The maximum absolute atomic E-state index is 12.8. The highest BCUT2D eigenvalue weighted by molar-refractivity contribution is 8.01. The van der Waals surface area contributed by atoms with Crippen LogP contribution in [0.3, 0.4) is 0 Å². The second-order valence-corrected chi connectivity index (χ2v) is 9.66. The van der Waals surface area contributed by atoms with Crippen molar-refractivity contribution in [2.45, 2.75) is 33.8 Å². The molecule has 5 nitrogen and oxygen atoms in total. The van der Waals surface area contributed by atoms with Gasteiger partial charge in [-0.25, -0.2) is 4.79 Å². The fraction of sp³-hybridized carbons (Fsp3) is 0.120. The van der Waals surface area contributed by atoms with Crippen molar-refractivity contribution in [3.8, 4) is 0 Å². The first-order chi connectivity index (χ1) is 15.4. The second kappa shape index (κ2) is 9.54. The molecule has 1 aliphatic rings. The number of thioether (sulfide) groups is 1. The van der Waals surface area contributed by atoms with Crippen LogP contribution in [-0.2, 0) is 9.63 Å². The van der Waals surface area contributed by atoms with Crippen molar-refractivity contribution >= 4 is 46.8 Å². The van der Waals surface area contributed by atoms with Gasteiger partial charge >= 0.3 is 5.97 Å². The maximum atomic E-state index is 12.8. The summed E-state index contributed by atoms with van der Waals surface area (Å²) in [5, 5.41) is 3.52. The molecule has 4 rings (SSSR count). The maximum Gasteiger partial charge on any atom is 0.331 e. The van der Waals surface area contributed by atoms with Crippen molar-refractivity contribution < 1.29 is 19.2 Å². The van der Waals surface area contributed by atoms with Gasteiger partial charge in [0.2, 0.25) is 5.78 Å². The average molecular weight is 462 g/mol. The third kappa shape index (κ3) is 4.84. The number of fused-ring (bicyclic) bond motifs is 1. The summed E-state index contributed by atoms with van der Waals surface area (Å²) in [4.78, 5) is 43.9. The zero-order valence-corrected chi connectivity index (χ0v) is 19.0. The van der Waals surface area contributed by atoms with Crippen LogP contribution >= 0.6 is 23.5 Å². The number of rotatable bonds is 5. The highest BCUT2D eigenvalue weighted by atomic mass is 32.2. The highest BCUT2D eigenvalue weighted by Gasteiger charge is 2.31. The quantitative estimate of drug-likeness (QED) is 0.277. The molecule has 3 aromatic carbocycles. The van der Waals surface area contributed by atoms with Crippen LogP contribution in [0.1, 0.15) is 40.1 Å². The summed E-state index contributed by atoms with van der Waals surface area (Å²) in [5.41, 5.74) is 2.08. The Hall–Kier alpha value is -3.16. The lowest BCUT2D eigenvalue weighted by Gasteiger charge is -2.21. The molecule has 0 saturated carbocycles. The highest BCUT2D eigenvalue weighted by Crippen LogP contribution is 2.38. The first-order valence-electron chi connectivity index (χ1n) is 9.91. The molecule has 0 spiro atoms. The summed E-state index contributed by atoms with van der Waals surface area (Å²) in [7, 11) is 0.